The van der Waals surface area contributed by atoms with Gasteiger partial charge in [0.15, 0.2) is 0 Å². The number of aliphatic imine (C=N–C) groups is 1. The minimum absolute atomic E-state index is 0.0960. The number of aldehydes is 1. The second kappa shape index (κ2) is 8.97. The molecule has 0 aliphatic carbocycles. The van der Waals surface area contributed by atoms with E-state index in [1.807, 2.05) is 0 Å². The fourth-order valence-electron chi connectivity index (χ4n) is 1.72. The van der Waals surface area contributed by atoms with Crippen LogP contribution in [0.5, 0.6) is 0 Å². The third-order valence-electron chi connectivity index (χ3n) is 2.74. The molecule has 0 aliphatic heterocycles. The fourth-order valence-corrected chi connectivity index (χ4v) is 1.90. The van der Waals surface area contributed by atoms with E-state index >= 15 is 0 Å². The molecule has 1 amide bonds. The van der Waals surface area contributed by atoms with E-state index in [-0.39, 0.29) is 23.9 Å². The maximum atomic E-state index is 12.0. The Hall–Kier alpha value is -2.08. The average molecular weight is 309 g/mol. The number of carbonyl (C=O) groups excluding carboxylic acids is 2. The molecule has 112 valence electrons. The second-order valence-corrected chi connectivity index (χ2v) is 4.57. The molecule has 0 fully saturated rings. The van der Waals surface area contributed by atoms with Gasteiger partial charge in [0.25, 0.3) is 0 Å². The van der Waals surface area contributed by atoms with Crippen LogP contribution in [0, 0.1) is 5.41 Å². The molecule has 0 aliphatic rings. The van der Waals surface area contributed by atoms with Crippen LogP contribution in [0.2, 0.25) is 0 Å². The summed E-state index contributed by atoms with van der Waals surface area (Å²) in [6.07, 6.45) is 5.57. The molecule has 21 heavy (non-hydrogen) atoms. The number of nitrogens with zero attached hydrogens (tertiary/aromatic N) is 3. The van der Waals surface area contributed by atoms with Crippen LogP contribution in [0.4, 0.5) is 5.69 Å². The molecule has 0 spiro atoms. The number of aromatic nitrogens is 1. The van der Waals surface area contributed by atoms with Crippen LogP contribution >= 0.6 is 11.6 Å². The van der Waals surface area contributed by atoms with E-state index in [0.29, 0.717) is 18.5 Å². The van der Waals surface area contributed by atoms with E-state index in [1.165, 1.54) is 11.1 Å². The van der Waals surface area contributed by atoms with Gasteiger partial charge in [0.05, 0.1) is 11.9 Å². The predicted octanol–water partition coefficient (Wildman–Crippen LogP) is 2.20. The van der Waals surface area contributed by atoms with Gasteiger partial charge in [-0.25, -0.2) is 0 Å². The molecule has 6 nitrogen and oxygen atoms in total. The first kappa shape index (κ1) is 17.0. The van der Waals surface area contributed by atoms with Crippen molar-refractivity contribution < 1.29 is 9.59 Å². The summed E-state index contributed by atoms with van der Waals surface area (Å²) < 4.78 is 0. The Labute approximate surface area is 128 Å². The lowest BCUT2D eigenvalue weighted by Gasteiger charge is -2.26. The zero-order chi connectivity index (χ0) is 15.7. The van der Waals surface area contributed by atoms with E-state index in [1.54, 1.807) is 31.5 Å². The molecule has 7 heteroatoms. The molecule has 1 unspecified atom stereocenters. The normalized spacial score (nSPS) is 12.1. The Morgan fingerprint density at radius 1 is 1.62 bits per heavy atom. The largest absolute Gasteiger partial charge is 0.328 e. The number of amides is 1. The topological polar surface area (TPSA) is 86.5 Å². The summed E-state index contributed by atoms with van der Waals surface area (Å²) in [5.74, 6) is -0.238. The van der Waals surface area contributed by atoms with Crippen molar-refractivity contribution in [1.82, 2.24) is 9.88 Å². The van der Waals surface area contributed by atoms with Crippen LogP contribution in [-0.2, 0) is 9.59 Å². The summed E-state index contributed by atoms with van der Waals surface area (Å²) in [4.78, 5) is 31.9. The van der Waals surface area contributed by atoms with Crippen molar-refractivity contribution >= 4 is 40.9 Å². The van der Waals surface area contributed by atoms with Crippen molar-refractivity contribution in [3.8, 4) is 0 Å². The zero-order valence-electron chi connectivity index (χ0n) is 11.7. The molecule has 0 bridgehead atoms. The molecule has 0 radical (unpaired) electrons. The van der Waals surface area contributed by atoms with Gasteiger partial charge in [-0.2, -0.15) is 0 Å². The number of carbonyl (C=O) groups is 2. The highest BCUT2D eigenvalue weighted by Gasteiger charge is 2.23. The molecule has 0 aromatic carbocycles. The van der Waals surface area contributed by atoms with Crippen LogP contribution in [0.15, 0.2) is 29.5 Å². The Balaban J connectivity index is 2.88. The first-order valence-electron chi connectivity index (χ1n) is 6.51. The minimum Gasteiger partial charge on any atom is -0.328 e. The van der Waals surface area contributed by atoms with Crippen LogP contribution in [0.1, 0.15) is 19.8 Å². The van der Waals surface area contributed by atoms with Crippen LogP contribution in [-0.4, -0.2) is 46.0 Å². The number of pyridine rings is 1. The van der Waals surface area contributed by atoms with Crippen molar-refractivity contribution in [2.24, 2.45) is 4.99 Å². The zero-order valence-corrected chi connectivity index (χ0v) is 12.5. The number of halogens is 1. The number of hydrogen-bond donors (Lipinski definition) is 1. The maximum Gasteiger partial charge on any atom is 0.223 e. The van der Waals surface area contributed by atoms with Crippen molar-refractivity contribution in [1.29, 1.82) is 5.41 Å². The Morgan fingerprint density at radius 2 is 2.38 bits per heavy atom. The van der Waals surface area contributed by atoms with Crippen molar-refractivity contribution in [3.05, 3.63) is 24.5 Å². The van der Waals surface area contributed by atoms with Crippen LogP contribution in [0.3, 0.4) is 0 Å². The molecule has 1 heterocycles. The first-order chi connectivity index (χ1) is 10.1. The second-order valence-electron chi connectivity index (χ2n) is 4.17. The average Bonchev–Trinajstić information content (AvgIpc) is 2.49. The minimum atomic E-state index is -0.740. The van der Waals surface area contributed by atoms with E-state index < -0.39 is 6.04 Å². The molecule has 1 rings (SSSR count). The van der Waals surface area contributed by atoms with Crippen molar-refractivity contribution in [2.75, 3.05) is 6.54 Å². The van der Waals surface area contributed by atoms with Gasteiger partial charge >= 0.3 is 0 Å². The van der Waals surface area contributed by atoms with Gasteiger partial charge in [0, 0.05) is 31.8 Å². The fraction of sp³-hybridized carbons (Fsp3) is 0.357. The van der Waals surface area contributed by atoms with Gasteiger partial charge < -0.3 is 9.69 Å². The van der Waals surface area contributed by atoms with E-state index in [4.69, 9.17) is 17.0 Å². The summed E-state index contributed by atoms with van der Waals surface area (Å²) in [5.41, 5.74) is 0.608. The van der Waals surface area contributed by atoms with Crippen LogP contribution < -0.4 is 0 Å². The van der Waals surface area contributed by atoms with Gasteiger partial charge in [0.1, 0.15) is 17.5 Å². The summed E-state index contributed by atoms with van der Waals surface area (Å²) in [7, 11) is 0. The molecule has 0 saturated heterocycles. The van der Waals surface area contributed by atoms with Gasteiger partial charge in [0.2, 0.25) is 5.91 Å². The molecular formula is C14H17ClN4O2. The summed E-state index contributed by atoms with van der Waals surface area (Å²) in [6.45, 7) is 2.15. The standard InChI is InChI=1S/C14H17ClN4O2/c1-2-19(13(21)6-4-8-20)12(14(15)16)10-18-11-5-3-7-17-9-11/h3,5,7-10,12,16H,2,4,6H2,1H3. The lowest BCUT2D eigenvalue weighted by Crippen LogP contribution is -2.44. The lowest BCUT2D eigenvalue weighted by atomic mass is 10.2. The SMILES string of the molecule is CCN(C(=O)CCC=O)C(C=Nc1cccnc1)C(=N)Cl. The summed E-state index contributed by atoms with van der Waals surface area (Å²) >= 11 is 5.77. The number of nitrogens with one attached hydrogen (secondary N) is 1. The smallest absolute Gasteiger partial charge is 0.223 e. The number of rotatable bonds is 8. The van der Waals surface area contributed by atoms with E-state index in [9.17, 15) is 9.59 Å². The highest BCUT2D eigenvalue weighted by molar-refractivity contribution is 6.67. The molecule has 0 saturated carbocycles. The summed E-state index contributed by atoms with van der Waals surface area (Å²) in [5, 5.41) is 7.41. The summed E-state index contributed by atoms with van der Waals surface area (Å²) in [6, 6.07) is 2.75. The molecule has 1 N–H and O–H groups in total. The molecule has 1 aromatic heterocycles. The van der Waals surface area contributed by atoms with Gasteiger partial charge in [-0.15, -0.1) is 0 Å². The Morgan fingerprint density at radius 3 is 2.90 bits per heavy atom. The quantitative estimate of drug-likeness (QED) is 0.590. The van der Waals surface area contributed by atoms with Crippen molar-refractivity contribution in [3.63, 3.8) is 0 Å². The Kier molecular flexibility index (Phi) is 7.25. The third-order valence-corrected chi connectivity index (χ3v) is 2.97. The monoisotopic (exact) mass is 308 g/mol. The molecular weight excluding hydrogens is 292 g/mol. The van der Waals surface area contributed by atoms with Crippen LogP contribution in [0.25, 0.3) is 0 Å². The molecule has 1 aromatic rings. The lowest BCUT2D eigenvalue weighted by molar-refractivity contribution is -0.131. The van der Waals surface area contributed by atoms with Gasteiger partial charge in [-0.1, -0.05) is 11.6 Å². The Bertz CT molecular complexity index is 519. The van der Waals surface area contributed by atoms with E-state index in [2.05, 4.69) is 9.98 Å². The number of hydrogen-bond acceptors (Lipinski definition) is 5. The first-order valence-corrected chi connectivity index (χ1v) is 6.89. The highest BCUT2D eigenvalue weighted by atomic mass is 35.5. The van der Waals surface area contributed by atoms with Gasteiger partial charge in [-0.3, -0.25) is 20.2 Å². The predicted molar refractivity (Wildman–Crippen MR) is 82.4 cm³/mol. The highest BCUT2D eigenvalue weighted by Crippen LogP contribution is 2.11. The third kappa shape index (κ3) is 5.43. The van der Waals surface area contributed by atoms with E-state index in [0.717, 1.165) is 0 Å². The van der Waals surface area contributed by atoms with Gasteiger partial charge in [-0.05, 0) is 19.1 Å². The maximum absolute atomic E-state index is 12.0. The van der Waals surface area contributed by atoms with Crippen molar-refractivity contribution in [2.45, 2.75) is 25.8 Å². The molecule has 1 atom stereocenters.